The Hall–Kier alpha value is -2.76. The van der Waals surface area contributed by atoms with Gasteiger partial charge >= 0.3 is 0 Å². The molecule has 0 atom stereocenters. The number of anilines is 1. The van der Waals surface area contributed by atoms with Gasteiger partial charge in [-0.1, -0.05) is 6.07 Å². The van der Waals surface area contributed by atoms with Gasteiger partial charge in [-0.05, 0) is 30.3 Å². The van der Waals surface area contributed by atoms with Crippen LogP contribution in [0.4, 0.5) is 5.69 Å². The maximum Gasteiger partial charge on any atom is 0.274 e. The number of rotatable bonds is 3. The average molecular weight is 302 g/mol. The summed E-state index contributed by atoms with van der Waals surface area (Å²) in [4.78, 5) is 15.7. The third-order valence-electron chi connectivity index (χ3n) is 2.55. The molecule has 8 heteroatoms. The number of amides is 1. The summed E-state index contributed by atoms with van der Waals surface area (Å²) in [5.41, 5.74) is 0.718. The van der Waals surface area contributed by atoms with Crippen LogP contribution in [-0.4, -0.2) is 19.3 Å². The molecule has 0 radical (unpaired) electrons. The molecule has 1 aromatic heterocycles. The van der Waals surface area contributed by atoms with E-state index in [4.69, 9.17) is 10.4 Å². The Balaban J connectivity index is 2.21. The van der Waals surface area contributed by atoms with E-state index in [1.807, 2.05) is 6.07 Å². The van der Waals surface area contributed by atoms with Crippen LogP contribution in [0.2, 0.25) is 0 Å². The van der Waals surface area contributed by atoms with Crippen molar-refractivity contribution in [3.8, 4) is 6.07 Å². The fourth-order valence-electron chi connectivity index (χ4n) is 1.54. The minimum atomic E-state index is -3.84. The van der Waals surface area contributed by atoms with Gasteiger partial charge in [0, 0.05) is 11.9 Å². The third-order valence-corrected chi connectivity index (χ3v) is 3.46. The predicted molar refractivity (Wildman–Crippen MR) is 74.7 cm³/mol. The van der Waals surface area contributed by atoms with Gasteiger partial charge in [-0.2, -0.15) is 5.26 Å². The van der Waals surface area contributed by atoms with Crippen LogP contribution >= 0.6 is 0 Å². The summed E-state index contributed by atoms with van der Waals surface area (Å²) >= 11 is 0. The zero-order valence-corrected chi connectivity index (χ0v) is 11.5. The lowest BCUT2D eigenvalue weighted by Gasteiger charge is -2.06. The molecule has 0 unspecified atom stereocenters. The van der Waals surface area contributed by atoms with Crippen LogP contribution in [0.1, 0.15) is 16.1 Å². The highest BCUT2D eigenvalue weighted by Crippen LogP contribution is 2.14. The summed E-state index contributed by atoms with van der Waals surface area (Å²) in [6.45, 7) is 0. The number of primary sulfonamides is 1. The fraction of sp³-hybridized carbons (Fsp3) is 0. The maximum absolute atomic E-state index is 11.9. The van der Waals surface area contributed by atoms with Crippen LogP contribution in [0.15, 0.2) is 47.5 Å². The number of hydrogen-bond donors (Lipinski definition) is 2. The van der Waals surface area contributed by atoms with Gasteiger partial charge in [0.2, 0.25) is 10.0 Å². The lowest BCUT2D eigenvalue weighted by Crippen LogP contribution is -2.15. The summed E-state index contributed by atoms with van der Waals surface area (Å²) in [6.07, 6.45) is 1.27. The molecule has 2 aromatic rings. The Kier molecular flexibility index (Phi) is 3.98. The Labute approximate surface area is 121 Å². The van der Waals surface area contributed by atoms with E-state index >= 15 is 0 Å². The number of sulfonamides is 1. The second-order valence-corrected chi connectivity index (χ2v) is 5.63. The summed E-state index contributed by atoms with van der Waals surface area (Å²) < 4.78 is 22.5. The van der Waals surface area contributed by atoms with Crippen molar-refractivity contribution in [2.24, 2.45) is 5.14 Å². The number of nitrogens with two attached hydrogens (primary N) is 1. The number of carbonyl (C=O) groups is 1. The van der Waals surface area contributed by atoms with Gasteiger partial charge in [-0.15, -0.1) is 0 Å². The van der Waals surface area contributed by atoms with Crippen molar-refractivity contribution < 1.29 is 13.2 Å². The zero-order chi connectivity index (χ0) is 15.5. The Morgan fingerprint density at radius 1 is 1.29 bits per heavy atom. The Bertz CT molecular complexity index is 823. The number of benzene rings is 1. The molecule has 21 heavy (non-hydrogen) atoms. The average Bonchev–Trinajstić information content (AvgIpc) is 2.47. The van der Waals surface area contributed by atoms with E-state index in [0.717, 1.165) is 0 Å². The summed E-state index contributed by atoms with van der Waals surface area (Å²) in [5.74, 6) is -0.522. The van der Waals surface area contributed by atoms with Crippen LogP contribution < -0.4 is 10.5 Å². The molecular weight excluding hydrogens is 292 g/mol. The number of hydrogen-bond acceptors (Lipinski definition) is 5. The minimum Gasteiger partial charge on any atom is -0.321 e. The number of carbonyl (C=O) groups excluding carboxylic acids is 1. The lowest BCUT2D eigenvalue weighted by atomic mass is 10.2. The van der Waals surface area contributed by atoms with Crippen LogP contribution in [-0.2, 0) is 10.0 Å². The number of pyridine rings is 1. The van der Waals surface area contributed by atoms with E-state index in [0.29, 0.717) is 5.56 Å². The van der Waals surface area contributed by atoms with Gasteiger partial charge in [0.15, 0.2) is 0 Å². The monoisotopic (exact) mass is 302 g/mol. The van der Waals surface area contributed by atoms with Crippen molar-refractivity contribution in [1.29, 1.82) is 5.26 Å². The molecule has 0 bridgehead atoms. The van der Waals surface area contributed by atoms with Gasteiger partial charge in [0.25, 0.3) is 5.91 Å². The highest BCUT2D eigenvalue weighted by molar-refractivity contribution is 7.89. The molecule has 2 rings (SSSR count). The first-order chi connectivity index (χ1) is 9.90. The largest absolute Gasteiger partial charge is 0.321 e. The van der Waals surface area contributed by atoms with Crippen LogP contribution in [0.5, 0.6) is 0 Å². The molecular formula is C13H10N4O3S. The van der Waals surface area contributed by atoms with Crippen LogP contribution in [0.25, 0.3) is 0 Å². The third kappa shape index (κ3) is 3.62. The summed E-state index contributed by atoms with van der Waals surface area (Å²) in [7, 11) is -3.84. The molecule has 7 nitrogen and oxygen atoms in total. The van der Waals surface area contributed by atoms with E-state index in [2.05, 4.69) is 10.3 Å². The standard InChI is InChI=1S/C13H10N4O3S/c14-7-9-4-5-12(16-8-9)13(18)17-10-2-1-3-11(6-10)21(15,19)20/h1-6,8H,(H,17,18)(H2,15,19,20). The zero-order valence-electron chi connectivity index (χ0n) is 10.6. The van der Waals surface area contributed by atoms with Gasteiger partial charge in [0.1, 0.15) is 11.8 Å². The highest BCUT2D eigenvalue weighted by atomic mass is 32.2. The Morgan fingerprint density at radius 2 is 2.05 bits per heavy atom. The first-order valence-corrected chi connectivity index (χ1v) is 7.25. The van der Waals surface area contributed by atoms with Gasteiger partial charge in [-0.25, -0.2) is 18.5 Å². The molecule has 0 fully saturated rings. The number of nitriles is 1. The molecule has 0 saturated carbocycles. The molecule has 0 aliphatic heterocycles. The predicted octanol–water partition coefficient (Wildman–Crippen LogP) is 0.853. The molecule has 3 N–H and O–H groups in total. The van der Waals surface area contributed by atoms with E-state index < -0.39 is 15.9 Å². The van der Waals surface area contributed by atoms with Crippen molar-refractivity contribution in [3.05, 3.63) is 53.9 Å². The maximum atomic E-state index is 11.9. The van der Waals surface area contributed by atoms with Crippen molar-refractivity contribution in [3.63, 3.8) is 0 Å². The van der Waals surface area contributed by atoms with E-state index in [9.17, 15) is 13.2 Å². The van der Waals surface area contributed by atoms with Crippen LogP contribution in [0, 0.1) is 11.3 Å². The fourth-order valence-corrected chi connectivity index (χ4v) is 2.10. The van der Waals surface area contributed by atoms with Crippen LogP contribution in [0.3, 0.4) is 0 Å². The second kappa shape index (κ2) is 5.70. The van der Waals surface area contributed by atoms with Crippen molar-refractivity contribution in [1.82, 2.24) is 4.98 Å². The minimum absolute atomic E-state index is 0.104. The molecule has 106 valence electrons. The first-order valence-electron chi connectivity index (χ1n) is 5.70. The first kappa shape index (κ1) is 14.6. The van der Waals surface area contributed by atoms with E-state index in [-0.39, 0.29) is 16.3 Å². The van der Waals surface area contributed by atoms with Crippen molar-refractivity contribution >= 4 is 21.6 Å². The smallest absolute Gasteiger partial charge is 0.274 e. The van der Waals surface area contributed by atoms with Gasteiger partial charge in [0.05, 0.1) is 10.5 Å². The molecule has 1 heterocycles. The quantitative estimate of drug-likeness (QED) is 0.869. The molecule has 0 aliphatic carbocycles. The van der Waals surface area contributed by atoms with E-state index in [1.54, 1.807) is 0 Å². The summed E-state index contributed by atoms with van der Waals surface area (Å²) in [5, 5.41) is 16.2. The van der Waals surface area contributed by atoms with Crippen molar-refractivity contribution in [2.45, 2.75) is 4.90 Å². The normalized spacial score (nSPS) is 10.7. The lowest BCUT2D eigenvalue weighted by molar-refractivity contribution is 0.102. The summed E-state index contributed by atoms with van der Waals surface area (Å²) in [6, 6.07) is 10.3. The van der Waals surface area contributed by atoms with E-state index in [1.165, 1.54) is 42.6 Å². The Morgan fingerprint density at radius 3 is 2.62 bits per heavy atom. The molecule has 1 amide bonds. The molecule has 1 aromatic carbocycles. The van der Waals surface area contributed by atoms with Crippen molar-refractivity contribution in [2.75, 3.05) is 5.32 Å². The second-order valence-electron chi connectivity index (χ2n) is 4.07. The number of aromatic nitrogens is 1. The van der Waals surface area contributed by atoms with Gasteiger partial charge in [-0.3, -0.25) is 4.79 Å². The highest BCUT2D eigenvalue weighted by Gasteiger charge is 2.11. The SMILES string of the molecule is N#Cc1ccc(C(=O)Nc2cccc(S(N)(=O)=O)c2)nc1. The molecule has 0 aliphatic rings. The molecule has 0 spiro atoms. The molecule has 0 saturated heterocycles. The topological polar surface area (TPSA) is 126 Å². The van der Waals surface area contributed by atoms with Gasteiger partial charge < -0.3 is 5.32 Å². The number of nitrogens with one attached hydrogen (secondary N) is 1. The number of nitrogens with zero attached hydrogens (tertiary/aromatic N) is 2.